The van der Waals surface area contributed by atoms with Crippen LogP contribution in [0.1, 0.15) is 65.7 Å². The van der Waals surface area contributed by atoms with E-state index in [1.165, 1.54) is 54.0 Å². The third kappa shape index (κ3) is 8.10. The van der Waals surface area contributed by atoms with Crippen molar-refractivity contribution in [1.82, 2.24) is 4.98 Å². The average molecular weight is 510 g/mol. The van der Waals surface area contributed by atoms with Crippen LogP contribution in [0.2, 0.25) is 13.3 Å². The first-order valence-corrected chi connectivity index (χ1v) is 20.4. The maximum absolute atomic E-state index is 4.75. The van der Waals surface area contributed by atoms with Crippen molar-refractivity contribution in [1.29, 1.82) is 0 Å². The van der Waals surface area contributed by atoms with Crippen LogP contribution < -0.4 is 0 Å². The third-order valence-corrected chi connectivity index (χ3v) is 21.8. The minimum atomic E-state index is -2.07. The molecule has 0 aliphatic carbocycles. The Kier molecular flexibility index (Phi) is 11.4. The SMILES string of the molecule is CCC[CH2][Sn](/[CH]=C/CCSc1nc2ccccc2s1)([CH2]CCC)[CH2]CCC. The molecule has 2 aromatic rings. The molecule has 0 amide bonds. The van der Waals surface area contributed by atoms with E-state index in [1.54, 1.807) is 13.3 Å². The van der Waals surface area contributed by atoms with Crippen molar-refractivity contribution in [3.8, 4) is 0 Å². The van der Waals surface area contributed by atoms with Crippen molar-refractivity contribution in [3.05, 3.63) is 34.4 Å². The van der Waals surface area contributed by atoms with Crippen LogP contribution in [-0.2, 0) is 0 Å². The molecule has 0 atom stereocenters. The van der Waals surface area contributed by atoms with Gasteiger partial charge in [0.05, 0.1) is 0 Å². The molecule has 4 heteroatoms. The van der Waals surface area contributed by atoms with Gasteiger partial charge in [0.25, 0.3) is 0 Å². The summed E-state index contributed by atoms with van der Waals surface area (Å²) in [5.74, 6) is 1.16. The van der Waals surface area contributed by atoms with Crippen LogP contribution in [0.3, 0.4) is 0 Å². The Morgan fingerprint density at radius 3 is 2.19 bits per heavy atom. The van der Waals surface area contributed by atoms with Gasteiger partial charge in [-0.05, 0) is 0 Å². The summed E-state index contributed by atoms with van der Waals surface area (Å²) in [5, 5.41) is 0. The molecule has 0 unspecified atom stereocenters. The van der Waals surface area contributed by atoms with E-state index in [4.69, 9.17) is 4.98 Å². The van der Waals surface area contributed by atoms with E-state index in [2.05, 4.69) is 55.2 Å². The zero-order chi connectivity index (χ0) is 19.4. The van der Waals surface area contributed by atoms with Crippen LogP contribution in [0.25, 0.3) is 10.2 Å². The van der Waals surface area contributed by atoms with E-state index < -0.39 is 18.4 Å². The quantitative estimate of drug-likeness (QED) is 0.143. The Morgan fingerprint density at radius 1 is 0.963 bits per heavy atom. The van der Waals surface area contributed by atoms with Gasteiger partial charge < -0.3 is 0 Å². The first kappa shape index (κ1) is 23.3. The van der Waals surface area contributed by atoms with Crippen LogP contribution in [0.15, 0.2) is 38.8 Å². The van der Waals surface area contributed by atoms with E-state index in [9.17, 15) is 0 Å². The normalized spacial score (nSPS) is 12.4. The predicted molar refractivity (Wildman–Crippen MR) is 129 cm³/mol. The average Bonchev–Trinajstić information content (AvgIpc) is 3.11. The summed E-state index contributed by atoms with van der Waals surface area (Å²) in [6, 6.07) is 8.48. The molecule has 1 aromatic heterocycles. The standard InChI is InChI=1S/C11H10NS2.3C4H9.Sn/c1-2-3-8-13-11-12-9-6-4-5-7-10(9)14-11;3*1-3-4-2;/h1-2,4-7H,3,8H2;3*1,3-4H2,2H3;. The van der Waals surface area contributed by atoms with Gasteiger partial charge in [-0.1, -0.05) is 0 Å². The van der Waals surface area contributed by atoms with Crippen LogP contribution in [0, 0.1) is 0 Å². The van der Waals surface area contributed by atoms with Crippen molar-refractivity contribution in [2.75, 3.05) is 5.75 Å². The summed E-state index contributed by atoms with van der Waals surface area (Å²) in [4.78, 5) is 4.75. The number of benzene rings is 1. The molecule has 27 heavy (non-hydrogen) atoms. The topological polar surface area (TPSA) is 12.9 Å². The third-order valence-electron chi connectivity index (χ3n) is 5.34. The van der Waals surface area contributed by atoms with E-state index in [1.807, 2.05) is 23.1 Å². The Hall–Kier alpha value is -0.00130. The molecule has 0 spiro atoms. The van der Waals surface area contributed by atoms with Crippen LogP contribution in [0.4, 0.5) is 0 Å². The zero-order valence-electron chi connectivity index (χ0n) is 17.5. The molecular weight excluding hydrogens is 473 g/mol. The fourth-order valence-corrected chi connectivity index (χ4v) is 20.2. The van der Waals surface area contributed by atoms with Crippen molar-refractivity contribution in [3.63, 3.8) is 0 Å². The number of thiazole rings is 1. The van der Waals surface area contributed by atoms with Gasteiger partial charge >= 0.3 is 180 Å². The van der Waals surface area contributed by atoms with Gasteiger partial charge in [-0.2, -0.15) is 0 Å². The number of para-hydroxylation sites is 1. The summed E-state index contributed by atoms with van der Waals surface area (Å²) in [7, 11) is 0. The maximum atomic E-state index is 4.75. The van der Waals surface area contributed by atoms with Crippen molar-refractivity contribution < 1.29 is 0 Å². The van der Waals surface area contributed by atoms with Gasteiger partial charge in [-0.15, -0.1) is 0 Å². The molecule has 0 bridgehead atoms. The van der Waals surface area contributed by atoms with Crippen LogP contribution in [-0.4, -0.2) is 29.1 Å². The Bertz CT molecular complexity index is 625. The monoisotopic (exact) mass is 511 g/mol. The summed E-state index contributed by atoms with van der Waals surface area (Å²) >= 11 is 1.70. The van der Waals surface area contributed by atoms with Gasteiger partial charge in [0.1, 0.15) is 0 Å². The second-order valence-corrected chi connectivity index (χ2v) is 23.0. The van der Waals surface area contributed by atoms with Crippen LogP contribution >= 0.6 is 23.1 Å². The number of hydrogen-bond donors (Lipinski definition) is 0. The van der Waals surface area contributed by atoms with Gasteiger partial charge in [0.15, 0.2) is 0 Å². The number of fused-ring (bicyclic) bond motifs is 1. The Labute approximate surface area is 179 Å². The number of unbranched alkanes of at least 4 members (excludes halogenated alkanes) is 3. The summed E-state index contributed by atoms with van der Waals surface area (Å²) in [5.41, 5.74) is 1.15. The van der Waals surface area contributed by atoms with E-state index in [-0.39, 0.29) is 0 Å². The number of nitrogens with zero attached hydrogens (tertiary/aromatic N) is 1. The molecular formula is C23H37NS2Sn. The van der Waals surface area contributed by atoms with Gasteiger partial charge in [0.2, 0.25) is 0 Å². The Balaban J connectivity index is 1.90. The minimum absolute atomic E-state index is 1.15. The summed E-state index contributed by atoms with van der Waals surface area (Å²) in [6.45, 7) is 7.07. The fraction of sp³-hybridized carbons (Fsp3) is 0.609. The first-order valence-electron chi connectivity index (χ1n) is 10.9. The molecule has 0 aliphatic heterocycles. The summed E-state index contributed by atoms with van der Waals surface area (Å²) < 4.78 is 10.1. The van der Waals surface area contributed by atoms with Crippen molar-refractivity contribution in [2.45, 2.75) is 83.4 Å². The molecule has 2 rings (SSSR count). The molecule has 0 saturated heterocycles. The number of hydrogen-bond acceptors (Lipinski definition) is 3. The summed E-state index contributed by atoms with van der Waals surface area (Å²) in [6.07, 6.45) is 12.2. The Morgan fingerprint density at radius 2 is 1.59 bits per heavy atom. The van der Waals surface area contributed by atoms with E-state index >= 15 is 0 Å². The second-order valence-electron chi connectivity index (χ2n) is 7.66. The number of aromatic nitrogens is 1. The molecule has 1 heterocycles. The zero-order valence-corrected chi connectivity index (χ0v) is 22.0. The van der Waals surface area contributed by atoms with Crippen molar-refractivity contribution >= 4 is 51.7 Å². The molecule has 0 N–H and O–H groups in total. The van der Waals surface area contributed by atoms with Gasteiger partial charge in [-0.25, -0.2) is 0 Å². The molecule has 1 nitrogen and oxygen atoms in total. The predicted octanol–water partition coefficient (Wildman–Crippen LogP) is 8.72. The van der Waals surface area contributed by atoms with Gasteiger partial charge in [-0.3, -0.25) is 0 Å². The first-order chi connectivity index (χ1) is 13.2. The number of rotatable bonds is 14. The van der Waals surface area contributed by atoms with E-state index in [0.717, 1.165) is 11.3 Å². The molecule has 0 saturated carbocycles. The van der Waals surface area contributed by atoms with Gasteiger partial charge in [0, 0.05) is 0 Å². The van der Waals surface area contributed by atoms with Crippen LogP contribution in [0.5, 0.6) is 0 Å². The number of thioether (sulfide) groups is 1. The molecule has 1 aromatic carbocycles. The molecule has 0 aliphatic rings. The van der Waals surface area contributed by atoms with Crippen molar-refractivity contribution in [2.24, 2.45) is 0 Å². The van der Waals surface area contributed by atoms with E-state index in [0.29, 0.717) is 0 Å². The molecule has 150 valence electrons. The molecule has 0 fully saturated rings. The fourth-order valence-electron chi connectivity index (χ4n) is 3.67. The molecule has 0 radical (unpaired) electrons. The second kappa shape index (κ2) is 13.3. The number of allylic oxidation sites excluding steroid dienone is 1.